The summed E-state index contributed by atoms with van der Waals surface area (Å²) in [5.41, 5.74) is 0.760. The van der Waals surface area contributed by atoms with Crippen LogP contribution in [0, 0.1) is 5.92 Å². The van der Waals surface area contributed by atoms with E-state index < -0.39 is 0 Å². The van der Waals surface area contributed by atoms with Crippen LogP contribution in [0.5, 0.6) is 0 Å². The van der Waals surface area contributed by atoms with Crippen LogP contribution in [0.1, 0.15) is 25.5 Å². The van der Waals surface area contributed by atoms with Crippen molar-refractivity contribution in [3.63, 3.8) is 0 Å². The molecule has 4 nitrogen and oxygen atoms in total. The summed E-state index contributed by atoms with van der Waals surface area (Å²) in [5, 5.41) is 1.89. The topological polar surface area (TPSA) is 45.8 Å². The highest BCUT2D eigenvalue weighted by Gasteiger charge is 2.28. The Morgan fingerprint density at radius 1 is 1.22 bits per heavy atom. The van der Waals surface area contributed by atoms with Gasteiger partial charge in [0.05, 0.1) is 9.93 Å². The van der Waals surface area contributed by atoms with E-state index in [9.17, 15) is 4.79 Å². The summed E-state index contributed by atoms with van der Waals surface area (Å²) in [7, 11) is 0. The van der Waals surface area contributed by atoms with E-state index in [2.05, 4.69) is 16.8 Å². The van der Waals surface area contributed by atoms with Crippen molar-refractivity contribution in [2.75, 3.05) is 13.1 Å². The number of benzene rings is 1. The minimum atomic E-state index is -0.212. The number of amidine groups is 1. The van der Waals surface area contributed by atoms with Crippen LogP contribution in [0.15, 0.2) is 44.6 Å². The summed E-state index contributed by atoms with van der Waals surface area (Å²) in [6, 6.07) is 8.91. The fourth-order valence-corrected chi connectivity index (χ4v) is 4.57. The summed E-state index contributed by atoms with van der Waals surface area (Å²) in [6.07, 6.45) is 4.01. The molecule has 1 fully saturated rings. The minimum absolute atomic E-state index is 0.212. The number of amides is 1. The summed E-state index contributed by atoms with van der Waals surface area (Å²) in [6.45, 7) is 4.17. The van der Waals surface area contributed by atoms with Crippen molar-refractivity contribution in [3.8, 4) is 11.3 Å². The molecule has 27 heavy (non-hydrogen) atoms. The largest absolute Gasteiger partial charge is 0.457 e. The van der Waals surface area contributed by atoms with Crippen molar-refractivity contribution in [2.24, 2.45) is 10.9 Å². The number of nitrogens with zero attached hydrogens (tertiary/aromatic N) is 2. The third-order valence-electron chi connectivity index (χ3n) is 4.76. The Kier molecular flexibility index (Phi) is 5.35. The standard InChI is InChI=1S/C20H18Cl2N2O2S/c1-12-6-8-24(9-7-12)20-23-19(25)18(27-20)11-14-3-5-17(26-14)15-4-2-13(21)10-16(15)22/h2-5,10-12H,6-9H2,1H3. The number of likely N-dealkylation sites (tertiary alicyclic amines) is 1. The van der Waals surface area contributed by atoms with Gasteiger partial charge in [0.2, 0.25) is 0 Å². The zero-order valence-electron chi connectivity index (χ0n) is 14.7. The molecule has 2 aliphatic rings. The Bertz CT molecular complexity index is 943. The van der Waals surface area contributed by atoms with Crippen LogP contribution in [0.4, 0.5) is 0 Å². The van der Waals surface area contributed by atoms with Gasteiger partial charge in [0.25, 0.3) is 5.91 Å². The molecule has 4 rings (SSSR count). The first-order valence-electron chi connectivity index (χ1n) is 8.82. The average molecular weight is 421 g/mol. The quantitative estimate of drug-likeness (QED) is 0.562. The first-order valence-corrected chi connectivity index (χ1v) is 10.4. The number of hydrogen-bond acceptors (Lipinski definition) is 4. The van der Waals surface area contributed by atoms with E-state index in [1.165, 1.54) is 11.8 Å². The molecule has 3 heterocycles. The Balaban J connectivity index is 1.50. The maximum absolute atomic E-state index is 12.3. The predicted octanol–water partition coefficient (Wildman–Crippen LogP) is 5.96. The minimum Gasteiger partial charge on any atom is -0.457 e. The number of hydrogen-bond donors (Lipinski definition) is 0. The van der Waals surface area contributed by atoms with Crippen molar-refractivity contribution < 1.29 is 9.21 Å². The van der Waals surface area contributed by atoms with Gasteiger partial charge in [0.1, 0.15) is 11.5 Å². The number of furan rings is 1. The summed E-state index contributed by atoms with van der Waals surface area (Å²) < 4.78 is 5.86. The van der Waals surface area contributed by atoms with E-state index in [0.717, 1.165) is 42.6 Å². The van der Waals surface area contributed by atoms with Gasteiger partial charge in [-0.1, -0.05) is 30.1 Å². The molecule has 7 heteroatoms. The third-order valence-corrected chi connectivity index (χ3v) is 6.35. The molecule has 0 aliphatic carbocycles. The first-order chi connectivity index (χ1) is 13.0. The molecular formula is C20H18Cl2N2O2S. The van der Waals surface area contributed by atoms with E-state index in [1.54, 1.807) is 18.2 Å². The second-order valence-corrected chi connectivity index (χ2v) is 8.66. The van der Waals surface area contributed by atoms with Gasteiger partial charge in [-0.3, -0.25) is 4.79 Å². The fourth-order valence-electron chi connectivity index (χ4n) is 3.13. The highest BCUT2D eigenvalue weighted by molar-refractivity contribution is 8.18. The van der Waals surface area contributed by atoms with Gasteiger partial charge in [-0.2, -0.15) is 4.99 Å². The number of rotatable bonds is 2. The molecule has 0 atom stereocenters. The summed E-state index contributed by atoms with van der Waals surface area (Å²) >= 11 is 13.6. The third kappa shape index (κ3) is 4.10. The van der Waals surface area contributed by atoms with Crippen LogP contribution >= 0.6 is 35.0 Å². The maximum atomic E-state index is 12.3. The van der Waals surface area contributed by atoms with Crippen molar-refractivity contribution in [3.05, 3.63) is 51.0 Å². The molecular weight excluding hydrogens is 403 g/mol. The Morgan fingerprint density at radius 2 is 2.00 bits per heavy atom. The smallest absolute Gasteiger partial charge is 0.286 e. The van der Waals surface area contributed by atoms with Gasteiger partial charge in [-0.05, 0) is 60.9 Å². The molecule has 2 aliphatic heterocycles. The second-order valence-electron chi connectivity index (χ2n) is 6.81. The number of aliphatic imine (C=N–C) groups is 1. The van der Waals surface area contributed by atoms with E-state index >= 15 is 0 Å². The van der Waals surface area contributed by atoms with Crippen LogP contribution in [0.2, 0.25) is 10.0 Å². The Labute approximate surface area is 172 Å². The van der Waals surface area contributed by atoms with Crippen LogP contribution in [0.3, 0.4) is 0 Å². The summed E-state index contributed by atoms with van der Waals surface area (Å²) in [4.78, 5) is 19.3. The van der Waals surface area contributed by atoms with Crippen molar-refractivity contribution in [2.45, 2.75) is 19.8 Å². The van der Waals surface area contributed by atoms with Gasteiger partial charge < -0.3 is 9.32 Å². The van der Waals surface area contributed by atoms with Gasteiger partial charge in [0.15, 0.2) is 5.17 Å². The second kappa shape index (κ2) is 7.74. The average Bonchev–Trinajstić information content (AvgIpc) is 3.23. The van der Waals surface area contributed by atoms with Crippen LogP contribution in [-0.4, -0.2) is 29.1 Å². The monoisotopic (exact) mass is 420 g/mol. The van der Waals surface area contributed by atoms with Crippen LogP contribution < -0.4 is 0 Å². The van der Waals surface area contributed by atoms with Crippen LogP contribution in [0.25, 0.3) is 17.4 Å². The van der Waals surface area contributed by atoms with E-state index in [0.29, 0.717) is 26.5 Å². The molecule has 1 aromatic carbocycles. The highest BCUT2D eigenvalue weighted by Crippen LogP contribution is 2.35. The molecule has 1 amide bonds. The molecule has 0 bridgehead atoms. The number of carbonyl (C=O) groups excluding carboxylic acids is 1. The van der Waals surface area contributed by atoms with Crippen molar-refractivity contribution in [1.29, 1.82) is 0 Å². The van der Waals surface area contributed by atoms with E-state index in [1.807, 2.05) is 18.2 Å². The van der Waals surface area contributed by atoms with Gasteiger partial charge in [-0.15, -0.1) is 0 Å². The molecule has 140 valence electrons. The van der Waals surface area contributed by atoms with Gasteiger partial charge in [0, 0.05) is 29.8 Å². The van der Waals surface area contributed by atoms with Crippen molar-refractivity contribution >= 4 is 52.1 Å². The molecule has 0 radical (unpaired) electrons. The number of halogens is 2. The van der Waals surface area contributed by atoms with E-state index in [4.69, 9.17) is 27.6 Å². The molecule has 1 aromatic heterocycles. The lowest BCUT2D eigenvalue weighted by atomic mass is 10.00. The lowest BCUT2D eigenvalue weighted by molar-refractivity contribution is -0.113. The molecule has 2 aromatic rings. The number of piperidine rings is 1. The Morgan fingerprint density at radius 3 is 2.74 bits per heavy atom. The predicted molar refractivity (Wildman–Crippen MR) is 112 cm³/mol. The SMILES string of the molecule is CC1CCN(C2=NC(=O)C(=Cc3ccc(-c4ccc(Cl)cc4Cl)o3)S2)CC1. The Hall–Kier alpha value is -1.69. The molecule has 0 N–H and O–H groups in total. The molecule has 0 saturated carbocycles. The normalized spacial score (nSPS) is 19.8. The zero-order chi connectivity index (χ0) is 19.0. The lowest BCUT2D eigenvalue weighted by Crippen LogP contribution is -2.35. The molecule has 1 saturated heterocycles. The zero-order valence-corrected chi connectivity index (χ0v) is 17.1. The van der Waals surface area contributed by atoms with Gasteiger partial charge >= 0.3 is 0 Å². The number of carbonyl (C=O) groups is 1. The maximum Gasteiger partial charge on any atom is 0.286 e. The highest BCUT2D eigenvalue weighted by atomic mass is 35.5. The lowest BCUT2D eigenvalue weighted by Gasteiger charge is -2.30. The molecule has 0 unspecified atom stereocenters. The molecule has 0 spiro atoms. The van der Waals surface area contributed by atoms with Crippen molar-refractivity contribution in [1.82, 2.24) is 4.90 Å². The fraction of sp³-hybridized carbons (Fsp3) is 0.300. The van der Waals surface area contributed by atoms with E-state index in [-0.39, 0.29) is 5.91 Å². The summed E-state index contributed by atoms with van der Waals surface area (Å²) in [5.74, 6) is 1.75. The van der Waals surface area contributed by atoms with Crippen LogP contribution in [-0.2, 0) is 4.79 Å². The van der Waals surface area contributed by atoms with Gasteiger partial charge in [-0.25, -0.2) is 0 Å². The number of thioether (sulfide) groups is 1. The first kappa shape index (κ1) is 18.7.